The number of allylic oxidation sites excluding steroid dienone is 2. The quantitative estimate of drug-likeness (QED) is 0.656. The van der Waals surface area contributed by atoms with Gasteiger partial charge in [0.1, 0.15) is 0 Å². The minimum Gasteiger partial charge on any atom is -0.0912 e. The molecule has 0 unspecified atom stereocenters. The summed E-state index contributed by atoms with van der Waals surface area (Å²) in [5, 5.41) is 0. The van der Waals surface area contributed by atoms with E-state index in [1.165, 1.54) is 16.7 Å². The van der Waals surface area contributed by atoms with Crippen molar-refractivity contribution in [1.29, 1.82) is 0 Å². The summed E-state index contributed by atoms with van der Waals surface area (Å²) in [4.78, 5) is 0. The molecule has 0 N–H and O–H groups in total. The molecule has 84 valence electrons. The standard InChI is InChI=1S/C17H16/c1-14-8-12-17(13-9-14)15(2)10-11-16-6-4-3-5-7-16/h3-13H,2H2,1H3. The third kappa shape index (κ3) is 3.18. The van der Waals surface area contributed by atoms with E-state index in [1.807, 2.05) is 18.2 Å². The van der Waals surface area contributed by atoms with Crippen molar-refractivity contribution in [1.82, 2.24) is 0 Å². The Hall–Kier alpha value is -2.08. The van der Waals surface area contributed by atoms with Crippen LogP contribution in [-0.4, -0.2) is 0 Å². The molecule has 2 rings (SSSR count). The summed E-state index contributed by atoms with van der Waals surface area (Å²) >= 11 is 0. The third-order valence-corrected chi connectivity index (χ3v) is 2.70. The number of hydrogen-bond acceptors (Lipinski definition) is 0. The van der Waals surface area contributed by atoms with Crippen molar-refractivity contribution >= 4 is 11.6 Å². The maximum atomic E-state index is 4.08. The molecule has 0 amide bonds. The maximum absolute atomic E-state index is 4.08. The zero-order valence-corrected chi connectivity index (χ0v) is 10.1. The van der Waals surface area contributed by atoms with Crippen molar-refractivity contribution in [2.24, 2.45) is 0 Å². The number of aryl methyl sites for hydroxylation is 1. The average molecular weight is 220 g/mol. The summed E-state index contributed by atoms with van der Waals surface area (Å²) in [7, 11) is 0. The Morgan fingerprint density at radius 3 is 2.24 bits per heavy atom. The molecule has 0 aliphatic carbocycles. The molecule has 0 heteroatoms. The van der Waals surface area contributed by atoms with Crippen LogP contribution in [0.3, 0.4) is 0 Å². The Morgan fingerprint density at radius 1 is 0.941 bits per heavy atom. The first kappa shape index (κ1) is 11.4. The zero-order chi connectivity index (χ0) is 12.1. The van der Waals surface area contributed by atoms with Gasteiger partial charge in [0.25, 0.3) is 0 Å². The van der Waals surface area contributed by atoms with Gasteiger partial charge in [-0.1, -0.05) is 78.9 Å². The highest BCUT2D eigenvalue weighted by molar-refractivity contribution is 5.77. The fraction of sp³-hybridized carbons (Fsp3) is 0.0588. The summed E-state index contributed by atoms with van der Waals surface area (Å²) in [6.45, 7) is 6.17. The van der Waals surface area contributed by atoms with Crippen molar-refractivity contribution < 1.29 is 0 Å². The molecule has 0 heterocycles. The Balaban J connectivity index is 2.12. The Labute approximate surface area is 103 Å². The lowest BCUT2D eigenvalue weighted by atomic mass is 10.0. The van der Waals surface area contributed by atoms with Crippen molar-refractivity contribution in [2.45, 2.75) is 6.92 Å². The lowest BCUT2D eigenvalue weighted by molar-refractivity contribution is 1.46. The third-order valence-electron chi connectivity index (χ3n) is 2.70. The molecule has 2 aromatic carbocycles. The van der Waals surface area contributed by atoms with Crippen LogP contribution >= 0.6 is 0 Å². The SMILES string of the molecule is C=C(C=Cc1ccccc1)c1ccc(C)cc1. The monoisotopic (exact) mass is 220 g/mol. The van der Waals surface area contributed by atoms with Crippen molar-refractivity contribution in [3.8, 4) is 0 Å². The molecule has 0 aliphatic heterocycles. The van der Waals surface area contributed by atoms with Gasteiger partial charge in [0.2, 0.25) is 0 Å². The highest BCUT2D eigenvalue weighted by Gasteiger charge is 1.94. The van der Waals surface area contributed by atoms with Crippen LogP contribution in [0, 0.1) is 6.92 Å². The molecule has 0 bridgehead atoms. The van der Waals surface area contributed by atoms with Gasteiger partial charge in [-0.15, -0.1) is 0 Å². The molecule has 0 aliphatic rings. The normalized spacial score (nSPS) is 10.6. The fourth-order valence-electron chi connectivity index (χ4n) is 1.62. The van der Waals surface area contributed by atoms with Crippen molar-refractivity contribution in [3.05, 3.63) is 83.9 Å². The van der Waals surface area contributed by atoms with E-state index in [4.69, 9.17) is 0 Å². The van der Waals surface area contributed by atoms with Gasteiger partial charge in [0.15, 0.2) is 0 Å². The molecular weight excluding hydrogens is 204 g/mol. The van der Waals surface area contributed by atoms with E-state index < -0.39 is 0 Å². The van der Waals surface area contributed by atoms with Gasteiger partial charge < -0.3 is 0 Å². The molecular formula is C17H16. The molecule has 0 nitrogen and oxygen atoms in total. The average Bonchev–Trinajstić information content (AvgIpc) is 2.38. The second-order valence-corrected chi connectivity index (χ2v) is 4.14. The Morgan fingerprint density at radius 2 is 1.59 bits per heavy atom. The van der Waals surface area contributed by atoms with Crippen LogP contribution in [0.1, 0.15) is 16.7 Å². The summed E-state index contributed by atoms with van der Waals surface area (Å²) in [5.74, 6) is 0. The van der Waals surface area contributed by atoms with Crippen LogP contribution in [0.5, 0.6) is 0 Å². The van der Waals surface area contributed by atoms with Crippen LogP contribution in [0.2, 0.25) is 0 Å². The molecule has 0 spiro atoms. The van der Waals surface area contributed by atoms with E-state index >= 15 is 0 Å². The summed E-state index contributed by atoms with van der Waals surface area (Å²) in [6.07, 6.45) is 4.14. The van der Waals surface area contributed by atoms with Gasteiger partial charge in [0, 0.05) is 0 Å². The summed E-state index contributed by atoms with van der Waals surface area (Å²) in [6, 6.07) is 18.7. The maximum Gasteiger partial charge on any atom is -0.0190 e. The van der Waals surface area contributed by atoms with E-state index in [0.29, 0.717) is 0 Å². The van der Waals surface area contributed by atoms with E-state index in [-0.39, 0.29) is 0 Å². The molecule has 2 aromatic rings. The zero-order valence-electron chi connectivity index (χ0n) is 10.1. The second kappa shape index (κ2) is 5.31. The topological polar surface area (TPSA) is 0 Å². The van der Waals surface area contributed by atoms with E-state index in [0.717, 1.165) is 5.57 Å². The molecule has 0 fully saturated rings. The lowest BCUT2D eigenvalue weighted by Crippen LogP contribution is -1.79. The first-order valence-corrected chi connectivity index (χ1v) is 5.75. The van der Waals surface area contributed by atoms with Crippen LogP contribution < -0.4 is 0 Å². The van der Waals surface area contributed by atoms with Crippen molar-refractivity contribution in [3.63, 3.8) is 0 Å². The van der Waals surface area contributed by atoms with Gasteiger partial charge in [-0.25, -0.2) is 0 Å². The fourth-order valence-corrected chi connectivity index (χ4v) is 1.62. The number of hydrogen-bond donors (Lipinski definition) is 0. The van der Waals surface area contributed by atoms with Crippen LogP contribution in [0.15, 0.2) is 67.3 Å². The largest absolute Gasteiger partial charge is 0.0912 e. The summed E-state index contributed by atoms with van der Waals surface area (Å²) < 4.78 is 0. The van der Waals surface area contributed by atoms with Gasteiger partial charge >= 0.3 is 0 Å². The predicted octanol–water partition coefficient (Wildman–Crippen LogP) is 4.72. The van der Waals surface area contributed by atoms with Crippen molar-refractivity contribution in [2.75, 3.05) is 0 Å². The highest BCUT2D eigenvalue weighted by Crippen LogP contribution is 2.15. The molecule has 0 radical (unpaired) electrons. The van der Waals surface area contributed by atoms with E-state index in [9.17, 15) is 0 Å². The van der Waals surface area contributed by atoms with Crippen LogP contribution in [-0.2, 0) is 0 Å². The molecule has 0 atom stereocenters. The van der Waals surface area contributed by atoms with Crippen LogP contribution in [0.4, 0.5) is 0 Å². The molecule has 17 heavy (non-hydrogen) atoms. The Bertz CT molecular complexity index is 516. The van der Waals surface area contributed by atoms with E-state index in [1.54, 1.807) is 0 Å². The minimum atomic E-state index is 1.04. The molecule has 0 aromatic heterocycles. The first-order chi connectivity index (χ1) is 8.25. The first-order valence-electron chi connectivity index (χ1n) is 5.75. The smallest absolute Gasteiger partial charge is 0.0190 e. The molecule has 0 saturated carbocycles. The summed E-state index contributed by atoms with van der Waals surface area (Å²) in [5.41, 5.74) is 4.67. The Kier molecular flexibility index (Phi) is 3.56. The molecule has 0 saturated heterocycles. The second-order valence-electron chi connectivity index (χ2n) is 4.14. The lowest BCUT2D eigenvalue weighted by Gasteiger charge is -2.01. The van der Waals surface area contributed by atoms with E-state index in [2.05, 4.69) is 62.1 Å². The van der Waals surface area contributed by atoms with Gasteiger partial charge in [-0.2, -0.15) is 0 Å². The highest BCUT2D eigenvalue weighted by atomic mass is 14.0. The van der Waals surface area contributed by atoms with Gasteiger partial charge in [-0.3, -0.25) is 0 Å². The van der Waals surface area contributed by atoms with Gasteiger partial charge in [0.05, 0.1) is 0 Å². The minimum absolute atomic E-state index is 1.04. The van der Waals surface area contributed by atoms with Gasteiger partial charge in [-0.05, 0) is 23.6 Å². The van der Waals surface area contributed by atoms with Crippen LogP contribution in [0.25, 0.3) is 11.6 Å². The predicted molar refractivity (Wildman–Crippen MR) is 75.7 cm³/mol. The number of rotatable bonds is 3. The number of benzene rings is 2.